The van der Waals surface area contributed by atoms with E-state index in [9.17, 15) is 9.59 Å². The standard InChI is InChI=1S/C19H17N3O5S/c23-17(12-2-4-16(20-10-12)27-13-5-7-26-8-6-13)22-19-21-14-3-1-11(18(24)25)9-15(14)28-19/h1-4,9-10,13H,5-8H2,(H,24,25)(H,21,22,23). The lowest BCUT2D eigenvalue weighted by Crippen LogP contribution is -2.26. The average molecular weight is 399 g/mol. The summed E-state index contributed by atoms with van der Waals surface area (Å²) < 4.78 is 11.8. The number of aromatic carboxylic acids is 1. The molecule has 0 atom stereocenters. The number of rotatable bonds is 5. The SMILES string of the molecule is O=C(O)c1ccc2nc(NC(=O)c3ccc(OC4CCOCC4)nc3)sc2c1. The minimum atomic E-state index is -1.00. The summed E-state index contributed by atoms with van der Waals surface area (Å²) in [5.41, 5.74) is 1.19. The van der Waals surface area contributed by atoms with E-state index in [0.29, 0.717) is 40.0 Å². The number of ether oxygens (including phenoxy) is 2. The topological polar surface area (TPSA) is 111 Å². The molecule has 0 bridgehead atoms. The molecule has 2 N–H and O–H groups in total. The number of hydrogen-bond acceptors (Lipinski definition) is 7. The number of nitrogens with one attached hydrogen (secondary N) is 1. The second-order valence-corrected chi connectivity index (χ2v) is 7.31. The van der Waals surface area contributed by atoms with Crippen LogP contribution in [-0.2, 0) is 4.74 Å². The number of thiazole rings is 1. The van der Waals surface area contributed by atoms with Gasteiger partial charge in [-0.25, -0.2) is 14.8 Å². The molecule has 1 aliphatic rings. The molecule has 2 aromatic heterocycles. The van der Waals surface area contributed by atoms with Gasteiger partial charge in [-0.1, -0.05) is 11.3 Å². The Bertz CT molecular complexity index is 1010. The van der Waals surface area contributed by atoms with Crippen LogP contribution in [0, 0.1) is 0 Å². The van der Waals surface area contributed by atoms with Crippen molar-refractivity contribution in [3.05, 3.63) is 47.7 Å². The Labute approximate surface area is 164 Å². The highest BCUT2D eigenvalue weighted by atomic mass is 32.1. The number of aromatic nitrogens is 2. The van der Waals surface area contributed by atoms with E-state index in [-0.39, 0.29) is 17.6 Å². The molecule has 28 heavy (non-hydrogen) atoms. The molecule has 8 nitrogen and oxygen atoms in total. The second kappa shape index (κ2) is 7.91. The normalized spacial score (nSPS) is 14.7. The Hall–Kier alpha value is -3.04. The van der Waals surface area contributed by atoms with Gasteiger partial charge in [0.1, 0.15) is 6.10 Å². The van der Waals surface area contributed by atoms with Gasteiger partial charge < -0.3 is 14.6 Å². The first-order valence-electron chi connectivity index (χ1n) is 8.74. The van der Waals surface area contributed by atoms with Gasteiger partial charge in [0, 0.05) is 25.1 Å². The molecule has 9 heteroatoms. The van der Waals surface area contributed by atoms with Crippen LogP contribution in [0.5, 0.6) is 5.88 Å². The van der Waals surface area contributed by atoms with Crippen molar-refractivity contribution in [1.82, 2.24) is 9.97 Å². The molecule has 1 fully saturated rings. The van der Waals surface area contributed by atoms with E-state index >= 15 is 0 Å². The number of amides is 1. The number of pyridine rings is 1. The number of anilines is 1. The first kappa shape index (κ1) is 18.3. The number of benzene rings is 1. The summed E-state index contributed by atoms with van der Waals surface area (Å²) in [6.45, 7) is 1.36. The molecular weight excluding hydrogens is 382 g/mol. The van der Waals surface area contributed by atoms with Crippen molar-refractivity contribution in [2.45, 2.75) is 18.9 Å². The van der Waals surface area contributed by atoms with Gasteiger partial charge in [-0.15, -0.1) is 0 Å². The summed E-state index contributed by atoms with van der Waals surface area (Å²) in [5.74, 6) is -0.873. The van der Waals surface area contributed by atoms with E-state index in [1.165, 1.54) is 29.7 Å². The Kier molecular flexibility index (Phi) is 5.18. The smallest absolute Gasteiger partial charge is 0.335 e. The van der Waals surface area contributed by atoms with Crippen LogP contribution in [0.4, 0.5) is 5.13 Å². The fourth-order valence-electron chi connectivity index (χ4n) is 2.83. The summed E-state index contributed by atoms with van der Waals surface area (Å²) in [6, 6.07) is 7.95. The molecule has 1 saturated heterocycles. The van der Waals surface area contributed by atoms with Crippen LogP contribution >= 0.6 is 11.3 Å². The monoisotopic (exact) mass is 399 g/mol. The lowest BCUT2D eigenvalue weighted by molar-refractivity contribution is 0.0237. The Morgan fingerprint density at radius 3 is 2.68 bits per heavy atom. The summed E-state index contributed by atoms with van der Waals surface area (Å²) in [4.78, 5) is 32.0. The molecular formula is C19H17N3O5S. The minimum Gasteiger partial charge on any atom is -0.478 e. The van der Waals surface area contributed by atoms with Crippen molar-refractivity contribution in [2.75, 3.05) is 18.5 Å². The van der Waals surface area contributed by atoms with Crippen molar-refractivity contribution in [1.29, 1.82) is 0 Å². The highest BCUT2D eigenvalue weighted by Crippen LogP contribution is 2.27. The van der Waals surface area contributed by atoms with E-state index in [4.69, 9.17) is 14.6 Å². The van der Waals surface area contributed by atoms with E-state index in [1.54, 1.807) is 18.2 Å². The van der Waals surface area contributed by atoms with Crippen LogP contribution in [-0.4, -0.2) is 46.3 Å². The summed E-state index contributed by atoms with van der Waals surface area (Å²) in [6.07, 6.45) is 3.19. The maximum Gasteiger partial charge on any atom is 0.335 e. The van der Waals surface area contributed by atoms with Crippen LogP contribution in [0.15, 0.2) is 36.5 Å². The molecule has 1 amide bonds. The van der Waals surface area contributed by atoms with Gasteiger partial charge in [-0.05, 0) is 24.3 Å². The van der Waals surface area contributed by atoms with Crippen molar-refractivity contribution >= 4 is 38.6 Å². The van der Waals surface area contributed by atoms with E-state index in [0.717, 1.165) is 12.8 Å². The van der Waals surface area contributed by atoms with Gasteiger partial charge in [0.05, 0.1) is 34.6 Å². The molecule has 3 heterocycles. The minimum absolute atomic E-state index is 0.0827. The first-order chi connectivity index (χ1) is 13.6. The number of hydrogen-bond donors (Lipinski definition) is 2. The fourth-order valence-corrected chi connectivity index (χ4v) is 3.73. The van der Waals surface area contributed by atoms with Gasteiger partial charge in [-0.3, -0.25) is 10.1 Å². The van der Waals surface area contributed by atoms with Gasteiger partial charge in [0.15, 0.2) is 5.13 Å². The number of carboxylic acids is 1. The summed E-state index contributed by atoms with van der Waals surface area (Å²) in [7, 11) is 0. The van der Waals surface area contributed by atoms with Crippen molar-refractivity contribution < 1.29 is 24.2 Å². The molecule has 1 aliphatic heterocycles. The molecule has 0 radical (unpaired) electrons. The van der Waals surface area contributed by atoms with E-state index in [1.807, 2.05) is 0 Å². The zero-order valence-electron chi connectivity index (χ0n) is 14.8. The predicted octanol–water partition coefficient (Wildman–Crippen LogP) is 3.20. The van der Waals surface area contributed by atoms with Gasteiger partial charge in [0.25, 0.3) is 5.91 Å². The third-order valence-electron chi connectivity index (χ3n) is 4.31. The van der Waals surface area contributed by atoms with E-state index < -0.39 is 5.97 Å². The zero-order chi connectivity index (χ0) is 19.5. The number of carboxylic acid groups (broad SMARTS) is 1. The molecule has 3 aromatic rings. The molecule has 1 aromatic carbocycles. The van der Waals surface area contributed by atoms with Gasteiger partial charge >= 0.3 is 5.97 Å². The van der Waals surface area contributed by atoms with Crippen LogP contribution in [0.3, 0.4) is 0 Å². The number of carbonyl (C=O) groups excluding carboxylic acids is 1. The van der Waals surface area contributed by atoms with E-state index in [2.05, 4.69) is 15.3 Å². The third kappa shape index (κ3) is 4.10. The lowest BCUT2D eigenvalue weighted by atomic mass is 10.1. The molecule has 0 aliphatic carbocycles. The first-order valence-corrected chi connectivity index (χ1v) is 9.56. The van der Waals surface area contributed by atoms with Crippen LogP contribution in [0.25, 0.3) is 10.2 Å². The Morgan fingerprint density at radius 1 is 1.18 bits per heavy atom. The number of carbonyl (C=O) groups is 2. The lowest BCUT2D eigenvalue weighted by Gasteiger charge is -2.22. The Balaban J connectivity index is 1.43. The molecule has 0 unspecified atom stereocenters. The molecule has 4 rings (SSSR count). The van der Waals surface area contributed by atoms with Gasteiger partial charge in [-0.2, -0.15) is 0 Å². The van der Waals surface area contributed by atoms with Crippen LogP contribution in [0.2, 0.25) is 0 Å². The van der Waals surface area contributed by atoms with Gasteiger partial charge in [0.2, 0.25) is 5.88 Å². The highest BCUT2D eigenvalue weighted by molar-refractivity contribution is 7.22. The van der Waals surface area contributed by atoms with Crippen molar-refractivity contribution in [3.63, 3.8) is 0 Å². The maximum atomic E-state index is 12.4. The zero-order valence-corrected chi connectivity index (χ0v) is 15.6. The van der Waals surface area contributed by atoms with Crippen molar-refractivity contribution in [3.8, 4) is 5.88 Å². The largest absolute Gasteiger partial charge is 0.478 e. The summed E-state index contributed by atoms with van der Waals surface area (Å²) in [5, 5.41) is 12.2. The Morgan fingerprint density at radius 2 is 1.96 bits per heavy atom. The molecule has 144 valence electrons. The fraction of sp³-hybridized carbons (Fsp3) is 0.263. The quantitative estimate of drug-likeness (QED) is 0.678. The van der Waals surface area contributed by atoms with Crippen LogP contribution < -0.4 is 10.1 Å². The van der Waals surface area contributed by atoms with Crippen LogP contribution in [0.1, 0.15) is 33.6 Å². The van der Waals surface area contributed by atoms with Crippen molar-refractivity contribution in [2.24, 2.45) is 0 Å². The molecule has 0 saturated carbocycles. The third-order valence-corrected chi connectivity index (χ3v) is 5.24. The summed E-state index contributed by atoms with van der Waals surface area (Å²) >= 11 is 1.21. The average Bonchev–Trinajstić information content (AvgIpc) is 3.10. The number of nitrogens with zero attached hydrogens (tertiary/aromatic N) is 2. The maximum absolute atomic E-state index is 12.4. The predicted molar refractivity (Wildman–Crippen MR) is 103 cm³/mol. The highest BCUT2D eigenvalue weighted by Gasteiger charge is 2.17. The number of fused-ring (bicyclic) bond motifs is 1. The molecule has 0 spiro atoms. The second-order valence-electron chi connectivity index (χ2n) is 6.28.